The Morgan fingerprint density at radius 2 is 1.66 bits per heavy atom. The Hall–Kier alpha value is -2.42. The van der Waals surface area contributed by atoms with Crippen LogP contribution in [0.15, 0.2) is 47.4 Å². The number of esters is 1. The molecule has 1 heterocycles. The number of benzene rings is 2. The van der Waals surface area contributed by atoms with Crippen molar-refractivity contribution in [2.45, 2.75) is 37.9 Å². The van der Waals surface area contributed by atoms with E-state index in [9.17, 15) is 13.2 Å². The molecule has 2 atom stereocenters. The third-order valence-corrected chi connectivity index (χ3v) is 6.48. The molecule has 2 unspecified atom stereocenters. The van der Waals surface area contributed by atoms with Crippen molar-refractivity contribution in [3.8, 4) is 11.5 Å². The van der Waals surface area contributed by atoms with Crippen molar-refractivity contribution < 1.29 is 27.4 Å². The molecule has 156 valence electrons. The Bertz CT molecular complexity index is 977. The third kappa shape index (κ3) is 4.77. The lowest BCUT2D eigenvalue weighted by atomic mass is 10.2. The maximum Gasteiger partial charge on any atom is 0.343 e. The molecule has 0 bridgehead atoms. The van der Waals surface area contributed by atoms with Crippen LogP contribution in [-0.2, 0) is 14.8 Å². The van der Waals surface area contributed by atoms with Crippen molar-refractivity contribution in [3.63, 3.8) is 0 Å². The Morgan fingerprint density at radius 3 is 2.24 bits per heavy atom. The van der Waals surface area contributed by atoms with Gasteiger partial charge in [0.1, 0.15) is 0 Å². The van der Waals surface area contributed by atoms with Crippen LogP contribution in [0.2, 0.25) is 0 Å². The van der Waals surface area contributed by atoms with Gasteiger partial charge in [-0.1, -0.05) is 6.07 Å². The molecule has 0 radical (unpaired) electrons. The van der Waals surface area contributed by atoms with Gasteiger partial charge in [0, 0.05) is 13.1 Å². The average molecular weight is 419 g/mol. The van der Waals surface area contributed by atoms with E-state index in [1.807, 2.05) is 26.8 Å². The molecule has 1 aliphatic rings. The van der Waals surface area contributed by atoms with E-state index in [4.69, 9.17) is 14.2 Å². The number of carbonyl (C=O) groups is 1. The predicted molar refractivity (Wildman–Crippen MR) is 108 cm³/mol. The van der Waals surface area contributed by atoms with E-state index in [-0.39, 0.29) is 22.7 Å². The van der Waals surface area contributed by atoms with Crippen LogP contribution >= 0.6 is 0 Å². The lowest BCUT2D eigenvalue weighted by Crippen LogP contribution is -2.48. The maximum absolute atomic E-state index is 12.9. The van der Waals surface area contributed by atoms with Gasteiger partial charge < -0.3 is 14.2 Å². The summed E-state index contributed by atoms with van der Waals surface area (Å²) in [5, 5.41) is 0. The summed E-state index contributed by atoms with van der Waals surface area (Å²) in [5.74, 6) is 0.161. The van der Waals surface area contributed by atoms with Gasteiger partial charge in [-0.3, -0.25) is 0 Å². The van der Waals surface area contributed by atoms with Crippen molar-refractivity contribution in [1.29, 1.82) is 0 Å². The van der Waals surface area contributed by atoms with Crippen molar-refractivity contribution >= 4 is 16.0 Å². The number of rotatable bonds is 5. The zero-order valence-electron chi connectivity index (χ0n) is 16.9. The van der Waals surface area contributed by atoms with Gasteiger partial charge in [-0.25, -0.2) is 13.2 Å². The summed E-state index contributed by atoms with van der Waals surface area (Å²) >= 11 is 0. The van der Waals surface area contributed by atoms with Crippen LogP contribution in [0.3, 0.4) is 0 Å². The molecule has 1 saturated heterocycles. The summed E-state index contributed by atoms with van der Waals surface area (Å²) in [6.07, 6.45) is -0.348. The van der Waals surface area contributed by atoms with E-state index >= 15 is 0 Å². The van der Waals surface area contributed by atoms with Crippen molar-refractivity contribution in [2.75, 3.05) is 20.2 Å². The summed E-state index contributed by atoms with van der Waals surface area (Å²) in [6, 6.07) is 11.0. The number of sulfonamides is 1. The summed E-state index contributed by atoms with van der Waals surface area (Å²) in [6.45, 7) is 6.18. The first-order valence-corrected chi connectivity index (χ1v) is 10.8. The van der Waals surface area contributed by atoms with Crippen LogP contribution in [0.4, 0.5) is 0 Å². The van der Waals surface area contributed by atoms with Crippen molar-refractivity contribution in [2.24, 2.45) is 0 Å². The smallest absolute Gasteiger partial charge is 0.343 e. The second kappa shape index (κ2) is 8.52. The standard InChI is InChI=1S/C21H25NO6S/c1-14-5-10-19(20(11-14)26-4)28-21(23)17-6-8-18(9-7-17)29(24,25)22-12-15(2)27-16(3)13-22/h5-11,15-16H,12-13H2,1-4H3. The molecule has 29 heavy (non-hydrogen) atoms. The Morgan fingerprint density at radius 1 is 1.03 bits per heavy atom. The Kier molecular flexibility index (Phi) is 6.26. The lowest BCUT2D eigenvalue weighted by molar-refractivity contribution is -0.0440. The quantitative estimate of drug-likeness (QED) is 0.547. The second-order valence-corrected chi connectivity index (χ2v) is 9.09. The maximum atomic E-state index is 12.9. The topological polar surface area (TPSA) is 82.1 Å². The minimum Gasteiger partial charge on any atom is -0.493 e. The molecule has 0 N–H and O–H groups in total. The number of morpholine rings is 1. The Labute approximate surface area is 171 Å². The molecule has 0 aromatic heterocycles. The molecule has 1 fully saturated rings. The van der Waals surface area contributed by atoms with E-state index in [0.717, 1.165) is 5.56 Å². The van der Waals surface area contributed by atoms with Crippen LogP contribution in [0.1, 0.15) is 29.8 Å². The van der Waals surface area contributed by atoms with Gasteiger partial charge in [0.15, 0.2) is 11.5 Å². The number of carbonyl (C=O) groups excluding carboxylic acids is 1. The number of ether oxygens (including phenoxy) is 3. The zero-order valence-corrected chi connectivity index (χ0v) is 17.7. The molecule has 0 saturated carbocycles. The number of methoxy groups -OCH3 is 1. The number of aryl methyl sites for hydroxylation is 1. The third-order valence-electron chi connectivity index (χ3n) is 4.64. The average Bonchev–Trinajstić information content (AvgIpc) is 2.68. The fourth-order valence-electron chi connectivity index (χ4n) is 3.26. The first-order chi connectivity index (χ1) is 13.7. The van der Waals surface area contributed by atoms with Gasteiger partial charge >= 0.3 is 5.97 Å². The highest BCUT2D eigenvalue weighted by atomic mass is 32.2. The summed E-state index contributed by atoms with van der Waals surface area (Å²) in [7, 11) is -2.16. The van der Waals surface area contributed by atoms with Crippen LogP contribution < -0.4 is 9.47 Å². The molecular formula is C21H25NO6S. The lowest BCUT2D eigenvalue weighted by Gasteiger charge is -2.34. The normalized spacial score (nSPS) is 20.3. The second-order valence-electron chi connectivity index (χ2n) is 7.15. The molecule has 3 rings (SSSR count). The minimum absolute atomic E-state index is 0.128. The highest BCUT2D eigenvalue weighted by Crippen LogP contribution is 2.29. The van der Waals surface area contributed by atoms with Crippen molar-refractivity contribution in [3.05, 3.63) is 53.6 Å². The SMILES string of the molecule is COc1cc(C)ccc1OC(=O)c1ccc(S(=O)(=O)N2CC(C)OC(C)C2)cc1. The number of hydrogen-bond acceptors (Lipinski definition) is 6. The van der Waals surface area contributed by atoms with E-state index in [0.29, 0.717) is 24.6 Å². The number of nitrogens with zero attached hydrogens (tertiary/aromatic N) is 1. The molecule has 0 amide bonds. The van der Waals surface area contributed by atoms with Gasteiger partial charge in [0.05, 0.1) is 29.8 Å². The van der Waals surface area contributed by atoms with Crippen molar-refractivity contribution in [1.82, 2.24) is 4.31 Å². The Balaban J connectivity index is 1.77. The number of hydrogen-bond donors (Lipinski definition) is 0. The summed E-state index contributed by atoms with van der Waals surface area (Å²) < 4.78 is 43.5. The zero-order chi connectivity index (χ0) is 21.2. The van der Waals surface area contributed by atoms with E-state index in [1.54, 1.807) is 12.1 Å². The highest BCUT2D eigenvalue weighted by molar-refractivity contribution is 7.89. The van der Waals surface area contributed by atoms with Gasteiger partial charge in [-0.05, 0) is 62.7 Å². The van der Waals surface area contributed by atoms with Crippen LogP contribution in [0.25, 0.3) is 0 Å². The molecular weight excluding hydrogens is 394 g/mol. The largest absolute Gasteiger partial charge is 0.493 e. The minimum atomic E-state index is -3.66. The van der Waals surface area contributed by atoms with Crippen LogP contribution in [-0.4, -0.2) is 51.1 Å². The summed E-state index contributed by atoms with van der Waals surface area (Å²) in [4.78, 5) is 12.6. The fourth-order valence-corrected chi connectivity index (χ4v) is 4.85. The highest BCUT2D eigenvalue weighted by Gasteiger charge is 2.32. The molecule has 8 heteroatoms. The predicted octanol–water partition coefficient (Wildman–Crippen LogP) is 3.02. The van der Waals surface area contributed by atoms with Gasteiger partial charge in [-0.15, -0.1) is 0 Å². The van der Waals surface area contributed by atoms with Crippen LogP contribution in [0.5, 0.6) is 11.5 Å². The monoisotopic (exact) mass is 419 g/mol. The molecule has 0 spiro atoms. The fraction of sp³-hybridized carbons (Fsp3) is 0.381. The van der Waals surface area contributed by atoms with E-state index < -0.39 is 16.0 Å². The van der Waals surface area contributed by atoms with Gasteiger partial charge in [0.25, 0.3) is 0 Å². The van der Waals surface area contributed by atoms with E-state index in [1.165, 1.54) is 35.7 Å². The van der Waals surface area contributed by atoms with E-state index in [2.05, 4.69) is 0 Å². The first-order valence-electron chi connectivity index (χ1n) is 9.33. The molecule has 0 aliphatic carbocycles. The van der Waals surface area contributed by atoms with Gasteiger partial charge in [-0.2, -0.15) is 4.31 Å². The van der Waals surface area contributed by atoms with Crippen LogP contribution in [0, 0.1) is 6.92 Å². The van der Waals surface area contributed by atoms with Gasteiger partial charge in [0.2, 0.25) is 10.0 Å². The molecule has 1 aliphatic heterocycles. The molecule has 2 aromatic rings. The molecule has 2 aromatic carbocycles. The summed E-state index contributed by atoms with van der Waals surface area (Å²) in [5.41, 5.74) is 1.22. The molecule has 7 nitrogen and oxygen atoms in total. The first kappa shape index (κ1) is 21.3.